The van der Waals surface area contributed by atoms with Gasteiger partial charge in [-0.15, -0.1) is 0 Å². The molecule has 0 radical (unpaired) electrons. The van der Waals surface area contributed by atoms with Gasteiger partial charge < -0.3 is 10.1 Å². The fraction of sp³-hybridized carbons (Fsp3) is 0.600. The van der Waals surface area contributed by atoms with Gasteiger partial charge in [-0.25, -0.2) is 4.39 Å². The van der Waals surface area contributed by atoms with E-state index in [0.29, 0.717) is 18.8 Å². The highest BCUT2D eigenvalue weighted by molar-refractivity contribution is 5.24. The third kappa shape index (κ3) is 5.61. The van der Waals surface area contributed by atoms with E-state index in [9.17, 15) is 4.39 Å². The van der Waals surface area contributed by atoms with Crippen LogP contribution in [-0.4, -0.2) is 12.1 Å². The van der Waals surface area contributed by atoms with Crippen LogP contribution >= 0.6 is 0 Å². The first-order valence-electron chi connectivity index (χ1n) is 6.52. The van der Waals surface area contributed by atoms with Crippen LogP contribution in [0.25, 0.3) is 0 Å². The van der Waals surface area contributed by atoms with Crippen LogP contribution in [0.15, 0.2) is 18.2 Å². The summed E-state index contributed by atoms with van der Waals surface area (Å²) in [6, 6.07) is 5.21. The largest absolute Gasteiger partial charge is 0.377 e. The lowest BCUT2D eigenvalue weighted by molar-refractivity contribution is 0.119. The van der Waals surface area contributed by atoms with Crippen molar-refractivity contribution in [2.75, 3.05) is 6.61 Å². The Morgan fingerprint density at radius 2 is 2.00 bits per heavy atom. The Hall–Kier alpha value is -0.930. The summed E-state index contributed by atoms with van der Waals surface area (Å²) in [5.41, 5.74) is 1.78. The molecule has 0 bridgehead atoms. The lowest BCUT2D eigenvalue weighted by atomic mass is 10.1. The van der Waals surface area contributed by atoms with E-state index in [1.807, 2.05) is 19.1 Å². The Bertz CT molecular complexity index is 371. The first-order chi connectivity index (χ1) is 8.42. The van der Waals surface area contributed by atoms with Crippen molar-refractivity contribution in [3.8, 4) is 0 Å². The van der Waals surface area contributed by atoms with Gasteiger partial charge in [-0.2, -0.15) is 0 Å². The highest BCUT2D eigenvalue weighted by atomic mass is 19.1. The van der Waals surface area contributed by atoms with Gasteiger partial charge in [0.1, 0.15) is 5.82 Å². The van der Waals surface area contributed by atoms with E-state index >= 15 is 0 Å². The van der Waals surface area contributed by atoms with Crippen LogP contribution in [0.1, 0.15) is 45.2 Å². The second-order valence-electron chi connectivity index (χ2n) is 5.58. The van der Waals surface area contributed by atoms with E-state index in [0.717, 1.165) is 18.5 Å². The topological polar surface area (TPSA) is 21.3 Å². The molecule has 0 heterocycles. The summed E-state index contributed by atoms with van der Waals surface area (Å²) in [4.78, 5) is 0. The molecule has 0 saturated heterocycles. The lowest BCUT2D eigenvalue weighted by Crippen LogP contribution is -2.35. The Balaban J connectivity index is 2.62. The summed E-state index contributed by atoms with van der Waals surface area (Å²) in [5.74, 6) is -0.189. The molecule has 0 aliphatic rings. The Kier molecular flexibility index (Phi) is 5.76. The summed E-state index contributed by atoms with van der Waals surface area (Å²) >= 11 is 0. The summed E-state index contributed by atoms with van der Waals surface area (Å²) in [5, 5.41) is 3.39. The fourth-order valence-corrected chi connectivity index (χ4v) is 1.54. The highest BCUT2D eigenvalue weighted by Gasteiger charge is 2.09. The molecule has 0 aromatic heterocycles. The minimum Gasteiger partial charge on any atom is -0.377 e. The number of rotatable bonds is 6. The van der Waals surface area contributed by atoms with Gasteiger partial charge in [-0.1, -0.05) is 13.0 Å². The van der Waals surface area contributed by atoms with E-state index in [-0.39, 0.29) is 11.4 Å². The lowest BCUT2D eigenvalue weighted by Gasteiger charge is -2.20. The van der Waals surface area contributed by atoms with Gasteiger partial charge in [0.2, 0.25) is 0 Å². The molecular formula is C15H24FNO. The number of hydrogen-bond donors (Lipinski definition) is 1. The SMILES string of the molecule is CCCOCc1cc(CNC(C)(C)C)ccc1F. The predicted octanol–water partition coefficient (Wildman–Crippen LogP) is 3.64. The van der Waals surface area contributed by atoms with Crippen LogP contribution in [0.4, 0.5) is 4.39 Å². The maximum Gasteiger partial charge on any atom is 0.128 e. The molecule has 0 saturated carbocycles. The van der Waals surface area contributed by atoms with Gasteiger partial charge in [-0.3, -0.25) is 0 Å². The van der Waals surface area contributed by atoms with Crippen molar-refractivity contribution in [2.45, 2.75) is 52.8 Å². The number of nitrogens with one attached hydrogen (secondary N) is 1. The maximum atomic E-state index is 13.6. The van der Waals surface area contributed by atoms with Crippen molar-refractivity contribution < 1.29 is 9.13 Å². The van der Waals surface area contributed by atoms with Crippen LogP contribution < -0.4 is 5.32 Å². The van der Waals surface area contributed by atoms with Gasteiger partial charge in [0.15, 0.2) is 0 Å². The quantitative estimate of drug-likeness (QED) is 0.781. The number of benzene rings is 1. The van der Waals surface area contributed by atoms with Crippen LogP contribution in [0.5, 0.6) is 0 Å². The molecule has 18 heavy (non-hydrogen) atoms. The molecule has 0 amide bonds. The Morgan fingerprint density at radius 3 is 2.61 bits per heavy atom. The normalized spacial score (nSPS) is 11.8. The number of hydrogen-bond acceptors (Lipinski definition) is 2. The van der Waals surface area contributed by atoms with Crippen molar-refractivity contribution in [3.63, 3.8) is 0 Å². The minimum absolute atomic E-state index is 0.0628. The average molecular weight is 253 g/mol. The molecule has 2 nitrogen and oxygen atoms in total. The summed E-state index contributed by atoms with van der Waals surface area (Å²) < 4.78 is 19.0. The predicted molar refractivity (Wildman–Crippen MR) is 72.9 cm³/mol. The van der Waals surface area contributed by atoms with Gasteiger partial charge in [-0.05, 0) is 44.9 Å². The smallest absolute Gasteiger partial charge is 0.128 e. The molecule has 0 unspecified atom stereocenters. The maximum absolute atomic E-state index is 13.6. The number of ether oxygens (including phenoxy) is 1. The fourth-order valence-electron chi connectivity index (χ4n) is 1.54. The van der Waals surface area contributed by atoms with E-state index in [2.05, 4.69) is 26.1 Å². The van der Waals surface area contributed by atoms with Crippen molar-refractivity contribution in [2.24, 2.45) is 0 Å². The highest BCUT2D eigenvalue weighted by Crippen LogP contribution is 2.13. The van der Waals surface area contributed by atoms with Gasteiger partial charge in [0.25, 0.3) is 0 Å². The number of halogens is 1. The van der Waals surface area contributed by atoms with Crippen LogP contribution in [0, 0.1) is 5.82 Å². The minimum atomic E-state index is -0.189. The molecule has 0 spiro atoms. The third-order valence-corrected chi connectivity index (χ3v) is 2.54. The first-order valence-corrected chi connectivity index (χ1v) is 6.52. The monoisotopic (exact) mass is 253 g/mol. The molecule has 0 aliphatic carbocycles. The molecule has 0 atom stereocenters. The molecular weight excluding hydrogens is 229 g/mol. The van der Waals surface area contributed by atoms with Crippen molar-refractivity contribution >= 4 is 0 Å². The van der Waals surface area contributed by atoms with Gasteiger partial charge in [0, 0.05) is 24.3 Å². The molecule has 0 aliphatic heterocycles. The first kappa shape index (κ1) is 15.1. The summed E-state index contributed by atoms with van der Waals surface area (Å²) in [6.45, 7) is 10.1. The van der Waals surface area contributed by atoms with E-state index < -0.39 is 0 Å². The molecule has 1 aromatic carbocycles. The Labute approximate surface area is 110 Å². The average Bonchev–Trinajstić information content (AvgIpc) is 2.29. The standard InChI is InChI=1S/C15H24FNO/c1-5-8-18-11-13-9-12(6-7-14(13)16)10-17-15(2,3)4/h6-7,9,17H,5,8,10-11H2,1-4H3. The summed E-state index contributed by atoms with van der Waals surface area (Å²) in [7, 11) is 0. The molecule has 0 fully saturated rings. The second kappa shape index (κ2) is 6.86. The molecule has 1 N–H and O–H groups in total. The summed E-state index contributed by atoms with van der Waals surface area (Å²) in [6.07, 6.45) is 0.951. The van der Waals surface area contributed by atoms with Gasteiger partial charge in [0.05, 0.1) is 6.61 Å². The zero-order valence-electron chi connectivity index (χ0n) is 11.8. The third-order valence-electron chi connectivity index (χ3n) is 2.54. The zero-order valence-corrected chi connectivity index (χ0v) is 11.8. The Morgan fingerprint density at radius 1 is 1.28 bits per heavy atom. The van der Waals surface area contributed by atoms with Crippen molar-refractivity contribution in [1.29, 1.82) is 0 Å². The van der Waals surface area contributed by atoms with E-state index in [4.69, 9.17) is 4.74 Å². The second-order valence-corrected chi connectivity index (χ2v) is 5.58. The molecule has 3 heteroatoms. The molecule has 1 rings (SSSR count). The van der Waals surface area contributed by atoms with E-state index in [1.54, 1.807) is 0 Å². The van der Waals surface area contributed by atoms with E-state index in [1.165, 1.54) is 6.07 Å². The van der Waals surface area contributed by atoms with Gasteiger partial charge >= 0.3 is 0 Å². The molecule has 1 aromatic rings. The van der Waals surface area contributed by atoms with Crippen molar-refractivity contribution in [1.82, 2.24) is 5.32 Å². The van der Waals surface area contributed by atoms with Crippen LogP contribution in [0.2, 0.25) is 0 Å². The van der Waals surface area contributed by atoms with Crippen LogP contribution in [-0.2, 0) is 17.9 Å². The van der Waals surface area contributed by atoms with Crippen molar-refractivity contribution in [3.05, 3.63) is 35.1 Å². The zero-order chi connectivity index (χ0) is 13.6. The molecule has 102 valence electrons. The van der Waals surface area contributed by atoms with Crippen LogP contribution in [0.3, 0.4) is 0 Å².